The van der Waals surface area contributed by atoms with Crippen LogP contribution in [0, 0.1) is 6.92 Å². The number of carbonyl (C=O) groups excluding carboxylic acids is 3. The van der Waals surface area contributed by atoms with Gasteiger partial charge in [-0.1, -0.05) is 0 Å². The second-order valence-corrected chi connectivity index (χ2v) is 7.54. The van der Waals surface area contributed by atoms with E-state index in [0.29, 0.717) is 23.6 Å². The first kappa shape index (κ1) is 23.1. The summed E-state index contributed by atoms with van der Waals surface area (Å²) in [4.78, 5) is 38.5. The summed E-state index contributed by atoms with van der Waals surface area (Å²) in [6.45, 7) is 5.69. The summed E-state index contributed by atoms with van der Waals surface area (Å²) in [5, 5.41) is 5.23. The van der Waals surface area contributed by atoms with Gasteiger partial charge in [-0.05, 0) is 74.7 Å². The highest BCUT2D eigenvalue weighted by atomic mass is 16.5. The Kier molecular flexibility index (Phi) is 8.08. The van der Waals surface area contributed by atoms with E-state index in [4.69, 9.17) is 9.47 Å². The molecule has 1 aliphatic rings. The molecule has 2 aromatic rings. The van der Waals surface area contributed by atoms with Gasteiger partial charge in [0.15, 0.2) is 6.61 Å². The SMILES string of the molecule is CCOc1ccc(C(=O)NCC(=O)OCC(=O)Nc2ccc(N3CCCC3)cc2C)cc1. The first-order valence-electron chi connectivity index (χ1n) is 10.8. The topological polar surface area (TPSA) is 97.0 Å². The number of nitrogens with zero attached hydrogens (tertiary/aromatic N) is 1. The highest BCUT2D eigenvalue weighted by Crippen LogP contribution is 2.25. The standard InChI is InChI=1S/C24H29N3O5/c1-3-31-20-9-6-18(7-10-20)24(30)25-15-23(29)32-16-22(28)26-21-11-8-19(14-17(21)2)27-12-4-5-13-27/h6-11,14H,3-5,12-13,15-16H2,1-2H3,(H,25,30)(H,26,28). The van der Waals surface area contributed by atoms with Crippen LogP contribution in [0.15, 0.2) is 42.5 Å². The number of hydrogen-bond acceptors (Lipinski definition) is 6. The molecule has 0 saturated carbocycles. The first-order chi connectivity index (χ1) is 15.5. The zero-order valence-electron chi connectivity index (χ0n) is 18.5. The summed E-state index contributed by atoms with van der Waals surface area (Å²) in [7, 11) is 0. The number of anilines is 2. The Bertz CT molecular complexity index is 953. The lowest BCUT2D eigenvalue weighted by atomic mass is 10.1. The monoisotopic (exact) mass is 439 g/mol. The zero-order valence-corrected chi connectivity index (χ0v) is 18.5. The number of benzene rings is 2. The van der Waals surface area contributed by atoms with Crippen molar-refractivity contribution in [2.45, 2.75) is 26.7 Å². The Morgan fingerprint density at radius 3 is 2.41 bits per heavy atom. The predicted octanol–water partition coefficient (Wildman–Crippen LogP) is 2.91. The van der Waals surface area contributed by atoms with Crippen molar-refractivity contribution < 1.29 is 23.9 Å². The van der Waals surface area contributed by atoms with E-state index in [9.17, 15) is 14.4 Å². The van der Waals surface area contributed by atoms with Crippen molar-refractivity contribution in [2.75, 3.05) is 43.1 Å². The number of hydrogen-bond donors (Lipinski definition) is 2. The van der Waals surface area contributed by atoms with Crippen molar-refractivity contribution in [3.8, 4) is 5.75 Å². The maximum Gasteiger partial charge on any atom is 0.325 e. The molecule has 3 rings (SSSR count). The van der Waals surface area contributed by atoms with E-state index in [1.807, 2.05) is 32.0 Å². The average molecular weight is 440 g/mol. The van der Waals surface area contributed by atoms with Gasteiger partial charge in [0.2, 0.25) is 0 Å². The van der Waals surface area contributed by atoms with Crippen molar-refractivity contribution in [3.05, 3.63) is 53.6 Å². The molecule has 1 fully saturated rings. The molecule has 170 valence electrons. The molecule has 0 unspecified atom stereocenters. The third kappa shape index (κ3) is 6.47. The lowest BCUT2D eigenvalue weighted by Gasteiger charge is -2.19. The van der Waals surface area contributed by atoms with Crippen LogP contribution in [0.3, 0.4) is 0 Å². The number of ether oxygens (including phenoxy) is 2. The number of aryl methyl sites for hydroxylation is 1. The fourth-order valence-corrected chi connectivity index (χ4v) is 3.47. The molecule has 32 heavy (non-hydrogen) atoms. The van der Waals surface area contributed by atoms with Crippen molar-refractivity contribution >= 4 is 29.2 Å². The molecule has 0 bridgehead atoms. The molecule has 0 aliphatic carbocycles. The molecule has 1 heterocycles. The summed E-state index contributed by atoms with van der Waals surface area (Å²) >= 11 is 0. The van der Waals surface area contributed by atoms with Crippen LogP contribution in [-0.2, 0) is 14.3 Å². The maximum atomic E-state index is 12.2. The minimum absolute atomic E-state index is 0.330. The van der Waals surface area contributed by atoms with Gasteiger partial charge >= 0.3 is 5.97 Å². The number of nitrogens with one attached hydrogen (secondary N) is 2. The number of rotatable bonds is 9. The fraction of sp³-hybridized carbons (Fsp3) is 0.375. The van der Waals surface area contributed by atoms with Crippen LogP contribution in [-0.4, -0.2) is 50.6 Å². The normalized spacial score (nSPS) is 12.9. The van der Waals surface area contributed by atoms with E-state index in [0.717, 1.165) is 24.3 Å². The minimum Gasteiger partial charge on any atom is -0.494 e. The Hall–Kier alpha value is -3.55. The van der Waals surface area contributed by atoms with E-state index >= 15 is 0 Å². The lowest BCUT2D eigenvalue weighted by molar-refractivity contribution is -0.146. The second-order valence-electron chi connectivity index (χ2n) is 7.54. The largest absolute Gasteiger partial charge is 0.494 e. The van der Waals surface area contributed by atoms with E-state index in [1.165, 1.54) is 12.8 Å². The summed E-state index contributed by atoms with van der Waals surface area (Å²) in [6.07, 6.45) is 2.40. The molecular formula is C24H29N3O5. The van der Waals surface area contributed by atoms with Gasteiger partial charge in [-0.3, -0.25) is 14.4 Å². The molecule has 8 nitrogen and oxygen atoms in total. The van der Waals surface area contributed by atoms with E-state index in [-0.39, 0.29) is 6.54 Å². The minimum atomic E-state index is -0.694. The van der Waals surface area contributed by atoms with E-state index < -0.39 is 24.4 Å². The molecule has 2 N–H and O–H groups in total. The molecule has 0 aromatic heterocycles. The predicted molar refractivity (Wildman–Crippen MR) is 122 cm³/mol. The number of amides is 2. The molecule has 2 amide bonds. The molecule has 1 saturated heterocycles. The molecule has 0 radical (unpaired) electrons. The zero-order chi connectivity index (χ0) is 22.9. The smallest absolute Gasteiger partial charge is 0.325 e. The number of carbonyl (C=O) groups is 3. The van der Waals surface area contributed by atoms with Crippen molar-refractivity contribution in [3.63, 3.8) is 0 Å². The summed E-state index contributed by atoms with van der Waals surface area (Å²) in [5.74, 6) is -0.882. The van der Waals surface area contributed by atoms with Crippen LogP contribution in [0.2, 0.25) is 0 Å². The number of esters is 1. The molecule has 0 atom stereocenters. The molecule has 0 spiro atoms. The molecule has 1 aliphatic heterocycles. The second kappa shape index (κ2) is 11.2. The third-order valence-corrected chi connectivity index (χ3v) is 5.14. The molecule has 2 aromatic carbocycles. The summed E-state index contributed by atoms with van der Waals surface area (Å²) < 4.78 is 10.3. The molecule has 8 heteroatoms. The van der Waals surface area contributed by atoms with Crippen LogP contribution in [0.4, 0.5) is 11.4 Å². The maximum absolute atomic E-state index is 12.2. The van der Waals surface area contributed by atoms with Crippen LogP contribution in [0.1, 0.15) is 35.7 Å². The highest BCUT2D eigenvalue weighted by molar-refractivity contribution is 5.97. The summed E-state index contributed by atoms with van der Waals surface area (Å²) in [5.41, 5.74) is 3.16. The third-order valence-electron chi connectivity index (χ3n) is 5.14. The van der Waals surface area contributed by atoms with Crippen LogP contribution < -0.4 is 20.3 Å². The summed E-state index contributed by atoms with van der Waals surface area (Å²) in [6, 6.07) is 12.5. The van der Waals surface area contributed by atoms with Gasteiger partial charge < -0.3 is 25.0 Å². The van der Waals surface area contributed by atoms with Crippen LogP contribution in [0.5, 0.6) is 5.75 Å². The van der Waals surface area contributed by atoms with Crippen LogP contribution in [0.25, 0.3) is 0 Å². The quantitative estimate of drug-likeness (QED) is 0.583. The van der Waals surface area contributed by atoms with Gasteiger partial charge in [0.1, 0.15) is 12.3 Å². The van der Waals surface area contributed by atoms with Crippen molar-refractivity contribution in [2.24, 2.45) is 0 Å². The van der Waals surface area contributed by atoms with Gasteiger partial charge in [-0.2, -0.15) is 0 Å². The first-order valence-corrected chi connectivity index (χ1v) is 10.8. The van der Waals surface area contributed by atoms with Crippen molar-refractivity contribution in [1.82, 2.24) is 5.32 Å². The Balaban J connectivity index is 1.40. The Labute approximate surface area is 187 Å². The van der Waals surface area contributed by atoms with E-state index in [1.54, 1.807) is 24.3 Å². The van der Waals surface area contributed by atoms with Gasteiger partial charge in [0.05, 0.1) is 6.61 Å². The average Bonchev–Trinajstić information content (AvgIpc) is 3.33. The van der Waals surface area contributed by atoms with E-state index in [2.05, 4.69) is 15.5 Å². The van der Waals surface area contributed by atoms with Gasteiger partial charge in [-0.15, -0.1) is 0 Å². The lowest BCUT2D eigenvalue weighted by Crippen LogP contribution is -2.32. The fourth-order valence-electron chi connectivity index (χ4n) is 3.47. The Morgan fingerprint density at radius 1 is 1.03 bits per heavy atom. The van der Waals surface area contributed by atoms with Gasteiger partial charge in [-0.25, -0.2) is 0 Å². The Morgan fingerprint density at radius 2 is 1.75 bits per heavy atom. The highest BCUT2D eigenvalue weighted by Gasteiger charge is 2.15. The van der Waals surface area contributed by atoms with Crippen molar-refractivity contribution in [1.29, 1.82) is 0 Å². The van der Waals surface area contributed by atoms with Gasteiger partial charge in [0, 0.05) is 30.0 Å². The van der Waals surface area contributed by atoms with Gasteiger partial charge in [0.25, 0.3) is 11.8 Å². The molecular weight excluding hydrogens is 410 g/mol. The van der Waals surface area contributed by atoms with Crippen LogP contribution >= 0.6 is 0 Å².